The van der Waals surface area contributed by atoms with E-state index in [2.05, 4.69) is 35.1 Å². The molecule has 1 saturated carbocycles. The van der Waals surface area contributed by atoms with Crippen molar-refractivity contribution in [3.05, 3.63) is 23.9 Å². The Morgan fingerprint density at radius 3 is 2.90 bits per heavy atom. The Morgan fingerprint density at radius 1 is 1.40 bits per heavy atom. The largest absolute Gasteiger partial charge is 0.384 e. The van der Waals surface area contributed by atoms with Crippen LogP contribution in [0.5, 0.6) is 0 Å². The first kappa shape index (κ1) is 15.6. The van der Waals surface area contributed by atoms with E-state index in [1.165, 1.54) is 43.4 Å². The predicted molar refractivity (Wildman–Crippen MR) is 89.1 cm³/mol. The van der Waals surface area contributed by atoms with Crippen LogP contribution in [0.4, 0.5) is 5.82 Å². The van der Waals surface area contributed by atoms with Crippen LogP contribution in [0.15, 0.2) is 18.3 Å². The maximum absolute atomic E-state index is 5.76. The lowest BCUT2D eigenvalue weighted by Crippen LogP contribution is -2.34. The number of thioether (sulfide) groups is 1. The van der Waals surface area contributed by atoms with Gasteiger partial charge in [-0.15, -0.1) is 0 Å². The molecule has 4 heteroatoms. The SMILES string of the molecule is CCNC(CSC1CCCCC1)Cc1ccnc(N)c1. The molecule has 0 radical (unpaired) electrons. The van der Waals surface area contributed by atoms with Crippen LogP contribution in [0.3, 0.4) is 0 Å². The lowest BCUT2D eigenvalue weighted by atomic mass is 10.0. The van der Waals surface area contributed by atoms with E-state index < -0.39 is 0 Å². The van der Waals surface area contributed by atoms with Gasteiger partial charge in [0.05, 0.1) is 0 Å². The van der Waals surface area contributed by atoms with Gasteiger partial charge in [0.15, 0.2) is 0 Å². The molecule has 1 aliphatic carbocycles. The molecule has 1 atom stereocenters. The first-order valence-corrected chi connectivity index (χ1v) is 8.88. The molecular formula is C16H27N3S. The highest BCUT2D eigenvalue weighted by molar-refractivity contribution is 7.99. The summed E-state index contributed by atoms with van der Waals surface area (Å²) >= 11 is 2.16. The van der Waals surface area contributed by atoms with Gasteiger partial charge in [0.2, 0.25) is 0 Å². The van der Waals surface area contributed by atoms with Crippen LogP contribution in [0.2, 0.25) is 0 Å². The molecule has 1 unspecified atom stereocenters. The summed E-state index contributed by atoms with van der Waals surface area (Å²) in [5.74, 6) is 1.82. The number of likely N-dealkylation sites (N-methyl/N-ethyl adjacent to an activating group) is 1. The van der Waals surface area contributed by atoms with Crippen LogP contribution in [0, 0.1) is 0 Å². The molecule has 1 fully saturated rings. The summed E-state index contributed by atoms with van der Waals surface area (Å²) in [6.07, 6.45) is 9.94. The minimum absolute atomic E-state index is 0.536. The van der Waals surface area contributed by atoms with Crippen LogP contribution < -0.4 is 11.1 Å². The van der Waals surface area contributed by atoms with Crippen molar-refractivity contribution in [2.75, 3.05) is 18.0 Å². The van der Waals surface area contributed by atoms with E-state index in [4.69, 9.17) is 5.73 Å². The van der Waals surface area contributed by atoms with Crippen molar-refractivity contribution in [2.45, 2.75) is 56.7 Å². The van der Waals surface area contributed by atoms with Gasteiger partial charge in [-0.3, -0.25) is 0 Å². The maximum atomic E-state index is 5.76. The minimum atomic E-state index is 0.536. The fraction of sp³-hybridized carbons (Fsp3) is 0.688. The highest BCUT2D eigenvalue weighted by atomic mass is 32.2. The van der Waals surface area contributed by atoms with Gasteiger partial charge in [0.1, 0.15) is 5.82 Å². The van der Waals surface area contributed by atoms with Crippen LogP contribution in [0.25, 0.3) is 0 Å². The Hall–Kier alpha value is -0.740. The second-order valence-electron chi connectivity index (χ2n) is 5.64. The second-order valence-corrected chi connectivity index (χ2v) is 6.97. The highest BCUT2D eigenvalue weighted by Crippen LogP contribution is 2.28. The van der Waals surface area contributed by atoms with Crippen molar-refractivity contribution in [1.29, 1.82) is 0 Å². The Morgan fingerprint density at radius 2 is 2.20 bits per heavy atom. The van der Waals surface area contributed by atoms with E-state index in [-0.39, 0.29) is 0 Å². The molecule has 1 aromatic heterocycles. The minimum Gasteiger partial charge on any atom is -0.384 e. The van der Waals surface area contributed by atoms with Gasteiger partial charge in [-0.2, -0.15) is 11.8 Å². The van der Waals surface area contributed by atoms with E-state index in [1.54, 1.807) is 0 Å². The van der Waals surface area contributed by atoms with Crippen LogP contribution in [0.1, 0.15) is 44.6 Å². The van der Waals surface area contributed by atoms with Gasteiger partial charge in [-0.1, -0.05) is 26.2 Å². The smallest absolute Gasteiger partial charge is 0.123 e. The summed E-state index contributed by atoms with van der Waals surface area (Å²) in [5, 5.41) is 4.49. The molecule has 3 N–H and O–H groups in total. The average Bonchev–Trinajstić information content (AvgIpc) is 2.46. The molecule has 20 heavy (non-hydrogen) atoms. The van der Waals surface area contributed by atoms with Gasteiger partial charge in [0, 0.05) is 23.2 Å². The van der Waals surface area contributed by atoms with Gasteiger partial charge in [0.25, 0.3) is 0 Å². The summed E-state index contributed by atoms with van der Waals surface area (Å²) < 4.78 is 0. The maximum Gasteiger partial charge on any atom is 0.123 e. The van der Waals surface area contributed by atoms with Crippen molar-refractivity contribution in [1.82, 2.24) is 10.3 Å². The van der Waals surface area contributed by atoms with Crippen molar-refractivity contribution in [2.24, 2.45) is 0 Å². The number of aromatic nitrogens is 1. The van der Waals surface area contributed by atoms with Gasteiger partial charge >= 0.3 is 0 Å². The number of hydrogen-bond acceptors (Lipinski definition) is 4. The molecule has 0 amide bonds. The van der Waals surface area contributed by atoms with Crippen molar-refractivity contribution < 1.29 is 0 Å². The van der Waals surface area contributed by atoms with Crippen LogP contribution >= 0.6 is 11.8 Å². The third kappa shape index (κ3) is 5.33. The molecular weight excluding hydrogens is 266 g/mol. The number of nitrogens with two attached hydrogens (primary N) is 1. The molecule has 112 valence electrons. The zero-order valence-electron chi connectivity index (χ0n) is 12.5. The fourth-order valence-corrected chi connectivity index (χ4v) is 4.28. The molecule has 3 nitrogen and oxygen atoms in total. The molecule has 0 aromatic carbocycles. The monoisotopic (exact) mass is 293 g/mol. The quantitative estimate of drug-likeness (QED) is 0.810. The molecule has 0 bridgehead atoms. The molecule has 0 saturated heterocycles. The number of pyridine rings is 1. The summed E-state index contributed by atoms with van der Waals surface area (Å²) in [6.45, 7) is 3.20. The molecule has 0 aliphatic heterocycles. The number of rotatable bonds is 7. The van der Waals surface area contributed by atoms with Gasteiger partial charge < -0.3 is 11.1 Å². The number of nitrogens with one attached hydrogen (secondary N) is 1. The zero-order valence-corrected chi connectivity index (χ0v) is 13.3. The van der Waals surface area contributed by atoms with Crippen LogP contribution in [-0.4, -0.2) is 28.6 Å². The van der Waals surface area contributed by atoms with Crippen molar-refractivity contribution in [3.63, 3.8) is 0 Å². The van der Waals surface area contributed by atoms with E-state index in [1.807, 2.05) is 12.3 Å². The fourth-order valence-electron chi connectivity index (χ4n) is 2.87. The lowest BCUT2D eigenvalue weighted by molar-refractivity contribution is 0.513. The van der Waals surface area contributed by atoms with E-state index in [0.717, 1.165) is 18.2 Å². The number of hydrogen-bond donors (Lipinski definition) is 2. The van der Waals surface area contributed by atoms with Gasteiger partial charge in [-0.05, 0) is 43.5 Å². The lowest BCUT2D eigenvalue weighted by Gasteiger charge is -2.24. The standard InChI is InChI=1S/C16H27N3S/c1-2-18-14(10-13-8-9-19-16(17)11-13)12-20-15-6-4-3-5-7-15/h8-9,11,14-15,18H,2-7,10,12H2,1H3,(H2,17,19). The summed E-state index contributed by atoms with van der Waals surface area (Å²) in [7, 11) is 0. The van der Waals surface area contributed by atoms with Crippen LogP contribution in [-0.2, 0) is 6.42 Å². The molecule has 0 spiro atoms. The Kier molecular flexibility index (Phi) is 6.67. The Balaban J connectivity index is 1.82. The van der Waals surface area contributed by atoms with Crippen molar-refractivity contribution >= 4 is 17.6 Å². The summed E-state index contributed by atoms with van der Waals surface area (Å²) in [5.41, 5.74) is 7.05. The summed E-state index contributed by atoms with van der Waals surface area (Å²) in [6, 6.07) is 4.61. The van der Waals surface area contributed by atoms with E-state index in [0.29, 0.717) is 11.9 Å². The third-order valence-corrected chi connectivity index (χ3v) is 5.44. The zero-order chi connectivity index (χ0) is 14.2. The normalized spacial score (nSPS) is 18.1. The molecule has 1 aliphatic rings. The third-order valence-electron chi connectivity index (χ3n) is 3.91. The molecule has 2 rings (SSSR count). The first-order chi connectivity index (χ1) is 9.78. The van der Waals surface area contributed by atoms with Gasteiger partial charge in [-0.25, -0.2) is 4.98 Å². The number of nitrogens with zero attached hydrogens (tertiary/aromatic N) is 1. The summed E-state index contributed by atoms with van der Waals surface area (Å²) in [4.78, 5) is 4.06. The number of nitrogen functional groups attached to an aromatic ring is 1. The molecule has 1 aromatic rings. The Labute approximate surface area is 127 Å². The topological polar surface area (TPSA) is 50.9 Å². The average molecular weight is 293 g/mol. The van der Waals surface area contributed by atoms with E-state index >= 15 is 0 Å². The first-order valence-electron chi connectivity index (χ1n) is 7.83. The second kappa shape index (κ2) is 8.53. The van der Waals surface area contributed by atoms with Crippen molar-refractivity contribution in [3.8, 4) is 0 Å². The predicted octanol–water partition coefficient (Wildman–Crippen LogP) is 3.25. The highest BCUT2D eigenvalue weighted by Gasteiger charge is 2.16. The molecule has 1 heterocycles. The van der Waals surface area contributed by atoms with E-state index in [9.17, 15) is 0 Å². The number of anilines is 1. The Bertz CT molecular complexity index is 391.